The predicted molar refractivity (Wildman–Crippen MR) is 300 cm³/mol. The number of benzene rings is 4. The number of amides is 6. The molecule has 2 aromatic heterocycles. The maximum atomic E-state index is 15.1. The zero-order valence-corrected chi connectivity index (χ0v) is 43.9. The van der Waals surface area contributed by atoms with Gasteiger partial charge in [-0.25, -0.2) is 19.6 Å². The molecule has 0 saturated heterocycles. The normalized spacial score (nSPS) is 15.9. The maximum absolute atomic E-state index is 15.1. The molecule has 0 fully saturated rings. The fourth-order valence-corrected chi connectivity index (χ4v) is 9.22. The number of rotatable bonds is 20. The second kappa shape index (κ2) is 24.2. The lowest BCUT2D eigenvalue weighted by Crippen LogP contribution is -2.52. The van der Waals surface area contributed by atoms with Crippen molar-refractivity contribution in [3.63, 3.8) is 0 Å². The van der Waals surface area contributed by atoms with Crippen LogP contribution in [0.25, 0.3) is 0 Å². The summed E-state index contributed by atoms with van der Waals surface area (Å²) in [6.45, 7) is 3.03. The number of aliphatic imine (C=N–C) groups is 2. The third-order valence-electron chi connectivity index (χ3n) is 13.7. The summed E-state index contributed by atoms with van der Waals surface area (Å²) in [6, 6.07) is 34.9. The van der Waals surface area contributed by atoms with Crippen LogP contribution in [0.3, 0.4) is 0 Å². The standard InChI is InChI=1S/C58H62N12O8/c1-6-26-58(35-72,48(74)33-70-46-23-10-7-19-41(46)49(43-21-11-12-27-61-43)65-52(54(70)76)68-56(78)64-40-18-14-16-38(29-40)60-5)30-36-24-25-44(62-31-36)50-42-20-8-9-22-45(42)69(32-47(73)57(2,3)34-71)53(75)51(66-50)67-55(77)63-39-17-13-15-37(28-39)59-4/h7-25,27-29,31,51-52,59-60,71-72H,6,26,30,32-35H2,1-5H3,(H2,63,67,77)(H2,64,68,78)/t51-,52-,58?/m0/s1. The quantitative estimate of drug-likeness (QED) is 0.0413. The van der Waals surface area contributed by atoms with E-state index >= 15 is 4.79 Å². The van der Waals surface area contributed by atoms with Crippen molar-refractivity contribution >= 4 is 81.0 Å². The van der Waals surface area contributed by atoms with Gasteiger partial charge in [-0.3, -0.25) is 29.1 Å². The van der Waals surface area contributed by atoms with Gasteiger partial charge in [-0.2, -0.15) is 0 Å². The topological polar surface area (TPSA) is 272 Å². The largest absolute Gasteiger partial charge is 0.395 e. The highest BCUT2D eigenvalue weighted by Gasteiger charge is 2.42. The number of anilines is 6. The molecule has 20 heteroatoms. The molecule has 6 amide bonds. The summed E-state index contributed by atoms with van der Waals surface area (Å²) >= 11 is 0. The number of benzodiazepines with no additional fused rings is 2. The molecule has 6 aromatic rings. The Hall–Kier alpha value is -9.14. The number of aliphatic hydroxyl groups excluding tert-OH is 2. The lowest BCUT2D eigenvalue weighted by molar-refractivity contribution is -0.132. The molecule has 402 valence electrons. The van der Waals surface area contributed by atoms with Gasteiger partial charge in [0.1, 0.15) is 0 Å². The van der Waals surface area contributed by atoms with Crippen LogP contribution in [0, 0.1) is 10.8 Å². The highest BCUT2D eigenvalue weighted by atomic mass is 16.3. The Kier molecular flexibility index (Phi) is 17.1. The number of nitrogens with zero attached hydrogens (tertiary/aromatic N) is 6. The number of nitrogens with one attached hydrogen (secondary N) is 6. The van der Waals surface area contributed by atoms with E-state index in [1.165, 1.54) is 9.80 Å². The van der Waals surface area contributed by atoms with E-state index in [4.69, 9.17) is 15.0 Å². The minimum Gasteiger partial charge on any atom is -0.395 e. The number of Topliss-reactive ketones (excluding diaryl/α,β-unsaturated/α-hetero) is 2. The van der Waals surface area contributed by atoms with E-state index < -0.39 is 84.9 Å². The number of para-hydroxylation sites is 2. The van der Waals surface area contributed by atoms with Crippen LogP contribution in [0.4, 0.5) is 43.7 Å². The summed E-state index contributed by atoms with van der Waals surface area (Å²) in [7, 11) is 3.48. The molecule has 3 atom stereocenters. The minimum absolute atomic E-state index is 0.00420. The van der Waals surface area contributed by atoms with E-state index in [0.29, 0.717) is 57.3 Å². The molecule has 1 unspecified atom stereocenters. The fourth-order valence-electron chi connectivity index (χ4n) is 9.22. The zero-order chi connectivity index (χ0) is 55.6. The summed E-state index contributed by atoms with van der Waals surface area (Å²) in [6.07, 6.45) is 0.743. The molecule has 4 heterocycles. The Morgan fingerprint density at radius 2 is 1.09 bits per heavy atom. The van der Waals surface area contributed by atoms with Gasteiger partial charge >= 0.3 is 12.1 Å². The van der Waals surface area contributed by atoms with Crippen LogP contribution in [0.15, 0.2) is 150 Å². The molecular formula is C58H62N12O8. The van der Waals surface area contributed by atoms with Crippen molar-refractivity contribution in [3.8, 4) is 0 Å². The first-order chi connectivity index (χ1) is 37.6. The van der Waals surface area contributed by atoms with E-state index in [9.17, 15) is 34.2 Å². The molecular weight excluding hydrogens is 993 g/mol. The Balaban J connectivity index is 1.11. The van der Waals surface area contributed by atoms with Crippen molar-refractivity contribution in [2.24, 2.45) is 20.8 Å². The molecule has 0 saturated carbocycles. The molecule has 2 aliphatic heterocycles. The summed E-state index contributed by atoms with van der Waals surface area (Å²) in [5.41, 5.74) is 3.05. The number of fused-ring (bicyclic) bond motifs is 2. The number of aliphatic hydroxyl groups is 2. The minimum atomic E-state index is -1.56. The number of pyridine rings is 2. The molecule has 0 aliphatic carbocycles. The van der Waals surface area contributed by atoms with Crippen LogP contribution in [0.5, 0.6) is 0 Å². The van der Waals surface area contributed by atoms with Crippen LogP contribution in [-0.2, 0) is 25.6 Å². The summed E-state index contributed by atoms with van der Waals surface area (Å²) < 4.78 is 0. The van der Waals surface area contributed by atoms with Gasteiger partial charge in [0.05, 0.1) is 65.9 Å². The van der Waals surface area contributed by atoms with Gasteiger partial charge in [-0.15, -0.1) is 0 Å². The number of ketones is 2. The Morgan fingerprint density at radius 1 is 0.590 bits per heavy atom. The average molecular weight is 1060 g/mol. The first kappa shape index (κ1) is 55.1. The van der Waals surface area contributed by atoms with Crippen molar-refractivity contribution in [2.75, 3.05) is 71.5 Å². The van der Waals surface area contributed by atoms with Crippen LogP contribution in [0.1, 0.15) is 61.7 Å². The molecule has 0 radical (unpaired) electrons. The van der Waals surface area contributed by atoms with E-state index in [1.54, 1.807) is 156 Å². The smallest absolute Gasteiger partial charge is 0.321 e. The van der Waals surface area contributed by atoms with Crippen molar-refractivity contribution in [2.45, 2.75) is 52.4 Å². The number of hydrogen-bond acceptors (Lipinski definition) is 14. The number of urea groups is 2. The first-order valence-corrected chi connectivity index (χ1v) is 25.4. The molecule has 8 rings (SSSR count). The molecule has 0 bridgehead atoms. The number of aromatic nitrogens is 2. The second-order valence-electron chi connectivity index (χ2n) is 19.5. The van der Waals surface area contributed by atoms with Gasteiger partial charge in [0.25, 0.3) is 11.8 Å². The summed E-state index contributed by atoms with van der Waals surface area (Å²) in [4.78, 5) is 107. The number of carbonyl (C=O) groups excluding carboxylic acids is 6. The van der Waals surface area contributed by atoms with E-state index in [2.05, 4.69) is 36.9 Å². The lowest BCUT2D eigenvalue weighted by Gasteiger charge is -2.33. The first-order valence-electron chi connectivity index (χ1n) is 25.4. The highest BCUT2D eigenvalue weighted by molar-refractivity contribution is 6.22. The van der Waals surface area contributed by atoms with E-state index in [1.807, 2.05) is 19.1 Å². The van der Waals surface area contributed by atoms with Crippen molar-refractivity contribution in [1.29, 1.82) is 0 Å². The van der Waals surface area contributed by atoms with E-state index in [0.717, 1.165) is 11.4 Å². The molecule has 0 spiro atoms. The van der Waals surface area contributed by atoms with Gasteiger partial charge in [-0.05, 0) is 85.1 Å². The average Bonchev–Trinajstić information content (AvgIpc) is 3.74. The molecule has 2 aliphatic rings. The maximum Gasteiger partial charge on any atom is 0.321 e. The van der Waals surface area contributed by atoms with E-state index in [-0.39, 0.29) is 24.2 Å². The third kappa shape index (κ3) is 12.3. The third-order valence-corrected chi connectivity index (χ3v) is 13.7. The van der Waals surface area contributed by atoms with Gasteiger partial charge in [0.15, 0.2) is 11.6 Å². The second-order valence-corrected chi connectivity index (χ2v) is 19.5. The Labute approximate surface area is 451 Å². The predicted octanol–water partition coefficient (Wildman–Crippen LogP) is 6.40. The van der Waals surface area contributed by atoms with Crippen LogP contribution in [-0.4, -0.2) is 120 Å². The van der Waals surface area contributed by atoms with Gasteiger partial charge in [0.2, 0.25) is 12.3 Å². The molecule has 8 N–H and O–H groups in total. The number of hydrogen-bond donors (Lipinski definition) is 8. The lowest BCUT2D eigenvalue weighted by atomic mass is 9.75. The van der Waals surface area contributed by atoms with Gasteiger partial charge in [-0.1, -0.05) is 87.9 Å². The van der Waals surface area contributed by atoms with Crippen molar-refractivity contribution in [3.05, 3.63) is 168 Å². The van der Waals surface area contributed by atoms with Gasteiger partial charge < -0.3 is 51.9 Å². The summed E-state index contributed by atoms with van der Waals surface area (Å²) in [5, 5.41) is 38.4. The van der Waals surface area contributed by atoms with Crippen molar-refractivity contribution < 1.29 is 39.0 Å². The highest BCUT2D eigenvalue weighted by Crippen LogP contribution is 2.35. The van der Waals surface area contributed by atoms with Crippen LogP contribution >= 0.6 is 0 Å². The zero-order valence-electron chi connectivity index (χ0n) is 43.9. The molecule has 20 nitrogen and oxygen atoms in total. The summed E-state index contributed by atoms with van der Waals surface area (Å²) in [5.74, 6) is -2.31. The van der Waals surface area contributed by atoms with Gasteiger partial charge in [0, 0.05) is 65.8 Å². The Morgan fingerprint density at radius 3 is 1.55 bits per heavy atom. The molecule has 4 aromatic carbocycles. The SMILES string of the molecule is CCCC(CO)(Cc1ccc(C2=N[C@@H](NC(=O)Nc3cccc(NC)c3)C(=O)N(CC(=O)C(C)(C)CO)c3ccccc32)nc1)C(=O)CN1C(=O)[C@H](NC(=O)Nc2cccc(NC)c2)N=C(c2ccccn2)c2ccccc21. The molecule has 78 heavy (non-hydrogen) atoms. The Bertz CT molecular complexity index is 3280. The van der Waals surface area contributed by atoms with Crippen LogP contribution < -0.4 is 41.7 Å². The number of carbonyl (C=O) groups is 6. The monoisotopic (exact) mass is 1050 g/mol. The fraction of sp³-hybridized carbons (Fsp3) is 0.276. The van der Waals surface area contributed by atoms with Crippen LogP contribution in [0.2, 0.25) is 0 Å². The van der Waals surface area contributed by atoms with Crippen molar-refractivity contribution in [1.82, 2.24) is 20.6 Å².